The van der Waals surface area contributed by atoms with E-state index < -0.39 is 0 Å². The molecule has 1 rings (SSSR count). The van der Waals surface area contributed by atoms with Gasteiger partial charge >= 0.3 is 0 Å². The lowest BCUT2D eigenvalue weighted by molar-refractivity contribution is 0.0343. The van der Waals surface area contributed by atoms with Gasteiger partial charge in [-0.2, -0.15) is 0 Å². The van der Waals surface area contributed by atoms with Crippen molar-refractivity contribution in [2.75, 3.05) is 19.0 Å². The molecule has 0 amide bonds. The van der Waals surface area contributed by atoms with Crippen molar-refractivity contribution in [1.82, 2.24) is 9.97 Å². The number of anilines is 1. The zero-order valence-corrected chi connectivity index (χ0v) is 10.2. The lowest BCUT2D eigenvalue weighted by atomic mass is 10.1. The van der Waals surface area contributed by atoms with E-state index in [0.29, 0.717) is 17.5 Å². The molecule has 0 unspecified atom stereocenters. The third kappa shape index (κ3) is 4.01. The molecule has 1 aromatic heterocycles. The largest absolute Gasteiger partial charge is 0.377 e. The van der Waals surface area contributed by atoms with Gasteiger partial charge in [-0.05, 0) is 20.8 Å². The van der Waals surface area contributed by atoms with Crippen molar-refractivity contribution >= 4 is 17.4 Å². The normalized spacial score (nSPS) is 11.5. The SMILES string of the molecule is COC(C)(C)CNc1cc(Cl)nc(C)n1. The molecule has 1 heterocycles. The molecule has 0 aliphatic heterocycles. The second kappa shape index (κ2) is 4.77. The highest BCUT2D eigenvalue weighted by molar-refractivity contribution is 6.29. The van der Waals surface area contributed by atoms with Crippen LogP contribution in [0.3, 0.4) is 0 Å². The fraction of sp³-hybridized carbons (Fsp3) is 0.600. The quantitative estimate of drug-likeness (QED) is 0.805. The van der Waals surface area contributed by atoms with Crippen molar-refractivity contribution in [2.45, 2.75) is 26.4 Å². The first kappa shape index (κ1) is 12.2. The van der Waals surface area contributed by atoms with Crippen molar-refractivity contribution in [1.29, 1.82) is 0 Å². The molecule has 15 heavy (non-hydrogen) atoms. The highest BCUT2D eigenvalue weighted by atomic mass is 35.5. The minimum Gasteiger partial charge on any atom is -0.377 e. The molecule has 0 radical (unpaired) electrons. The standard InChI is InChI=1S/C10H16ClN3O/c1-7-13-8(11)5-9(14-7)12-6-10(2,3)15-4/h5H,6H2,1-4H3,(H,12,13,14). The Hall–Kier alpha value is -0.870. The smallest absolute Gasteiger partial charge is 0.134 e. The van der Waals surface area contributed by atoms with Crippen LogP contribution in [0.5, 0.6) is 0 Å². The van der Waals surface area contributed by atoms with Crippen LogP contribution in [0.2, 0.25) is 5.15 Å². The average molecular weight is 230 g/mol. The minimum atomic E-state index is -0.231. The van der Waals surface area contributed by atoms with Gasteiger partial charge in [-0.15, -0.1) is 0 Å². The molecule has 1 N–H and O–H groups in total. The highest BCUT2D eigenvalue weighted by Gasteiger charge is 2.16. The van der Waals surface area contributed by atoms with Crippen LogP contribution in [0.4, 0.5) is 5.82 Å². The number of aromatic nitrogens is 2. The zero-order valence-electron chi connectivity index (χ0n) is 9.47. The summed E-state index contributed by atoms with van der Waals surface area (Å²) in [5.74, 6) is 1.37. The summed E-state index contributed by atoms with van der Waals surface area (Å²) in [5, 5.41) is 3.60. The molecule has 0 spiro atoms. The minimum absolute atomic E-state index is 0.231. The topological polar surface area (TPSA) is 47.0 Å². The maximum atomic E-state index is 5.81. The Morgan fingerprint density at radius 3 is 2.67 bits per heavy atom. The summed E-state index contributed by atoms with van der Waals surface area (Å²) in [5.41, 5.74) is -0.231. The van der Waals surface area contributed by atoms with E-state index in [1.165, 1.54) is 0 Å². The van der Waals surface area contributed by atoms with E-state index in [-0.39, 0.29) is 5.60 Å². The van der Waals surface area contributed by atoms with Gasteiger partial charge in [0, 0.05) is 19.7 Å². The van der Waals surface area contributed by atoms with Gasteiger partial charge in [0.15, 0.2) is 0 Å². The molecule has 0 atom stereocenters. The first-order chi connectivity index (χ1) is 6.93. The van der Waals surface area contributed by atoms with Gasteiger partial charge in [-0.1, -0.05) is 11.6 Å². The summed E-state index contributed by atoms with van der Waals surface area (Å²) >= 11 is 5.81. The summed E-state index contributed by atoms with van der Waals surface area (Å²) in [6.45, 7) is 6.46. The summed E-state index contributed by atoms with van der Waals surface area (Å²) < 4.78 is 5.28. The Morgan fingerprint density at radius 1 is 1.47 bits per heavy atom. The Kier molecular flexibility index (Phi) is 3.88. The van der Waals surface area contributed by atoms with E-state index in [2.05, 4.69) is 15.3 Å². The first-order valence-electron chi connectivity index (χ1n) is 4.73. The van der Waals surface area contributed by atoms with E-state index in [1.54, 1.807) is 20.1 Å². The van der Waals surface area contributed by atoms with Gasteiger partial charge in [0.25, 0.3) is 0 Å². The van der Waals surface area contributed by atoms with E-state index in [1.807, 2.05) is 13.8 Å². The summed E-state index contributed by atoms with van der Waals surface area (Å²) in [4.78, 5) is 8.19. The van der Waals surface area contributed by atoms with Crippen molar-refractivity contribution in [3.8, 4) is 0 Å². The van der Waals surface area contributed by atoms with Crippen LogP contribution in [-0.2, 0) is 4.74 Å². The number of hydrogen-bond acceptors (Lipinski definition) is 4. The van der Waals surface area contributed by atoms with Crippen LogP contribution in [0.1, 0.15) is 19.7 Å². The van der Waals surface area contributed by atoms with Crippen LogP contribution in [0.25, 0.3) is 0 Å². The van der Waals surface area contributed by atoms with Crippen LogP contribution >= 0.6 is 11.6 Å². The molecule has 0 saturated heterocycles. The molecule has 5 heteroatoms. The molecule has 0 aliphatic carbocycles. The zero-order chi connectivity index (χ0) is 11.5. The van der Waals surface area contributed by atoms with Crippen LogP contribution in [0, 0.1) is 6.92 Å². The van der Waals surface area contributed by atoms with Crippen LogP contribution in [0.15, 0.2) is 6.07 Å². The van der Waals surface area contributed by atoms with E-state index in [4.69, 9.17) is 16.3 Å². The summed E-state index contributed by atoms with van der Waals surface area (Å²) in [6, 6.07) is 1.69. The lowest BCUT2D eigenvalue weighted by Crippen LogP contribution is -2.32. The van der Waals surface area contributed by atoms with Gasteiger partial charge in [-0.3, -0.25) is 0 Å². The molecule has 0 aromatic carbocycles. The Bertz CT molecular complexity index is 321. The molecule has 0 aliphatic rings. The van der Waals surface area contributed by atoms with Crippen LogP contribution in [-0.4, -0.2) is 29.2 Å². The third-order valence-corrected chi connectivity index (χ3v) is 2.25. The first-order valence-corrected chi connectivity index (χ1v) is 5.11. The van der Waals surface area contributed by atoms with Gasteiger partial charge < -0.3 is 10.1 Å². The number of nitrogens with zero attached hydrogens (tertiary/aromatic N) is 2. The number of aryl methyl sites for hydroxylation is 1. The molecule has 84 valence electrons. The number of nitrogens with one attached hydrogen (secondary N) is 1. The summed E-state index contributed by atoms with van der Waals surface area (Å²) in [7, 11) is 1.68. The van der Waals surface area contributed by atoms with E-state index >= 15 is 0 Å². The Balaban J connectivity index is 2.65. The maximum Gasteiger partial charge on any atom is 0.134 e. The summed E-state index contributed by atoms with van der Waals surface area (Å²) in [6.07, 6.45) is 0. The molecule has 4 nitrogen and oxygen atoms in total. The number of rotatable bonds is 4. The fourth-order valence-electron chi connectivity index (χ4n) is 0.997. The number of methoxy groups -OCH3 is 1. The lowest BCUT2D eigenvalue weighted by Gasteiger charge is -2.23. The maximum absolute atomic E-state index is 5.81. The van der Waals surface area contributed by atoms with Crippen molar-refractivity contribution < 1.29 is 4.74 Å². The van der Waals surface area contributed by atoms with Gasteiger partial charge in [-0.25, -0.2) is 9.97 Å². The molecule has 0 fully saturated rings. The van der Waals surface area contributed by atoms with Crippen LogP contribution < -0.4 is 5.32 Å². The Labute approximate surface area is 95.0 Å². The fourth-order valence-corrected chi connectivity index (χ4v) is 1.22. The number of halogens is 1. The predicted octanol–water partition coefficient (Wildman–Crippen LogP) is 2.28. The second-order valence-electron chi connectivity index (χ2n) is 3.94. The molecule has 1 aromatic rings. The highest BCUT2D eigenvalue weighted by Crippen LogP contribution is 2.13. The second-order valence-corrected chi connectivity index (χ2v) is 4.33. The van der Waals surface area contributed by atoms with Gasteiger partial charge in [0.2, 0.25) is 0 Å². The van der Waals surface area contributed by atoms with Gasteiger partial charge in [0.05, 0.1) is 5.60 Å². The molecule has 0 saturated carbocycles. The van der Waals surface area contributed by atoms with Crippen molar-refractivity contribution in [3.63, 3.8) is 0 Å². The van der Waals surface area contributed by atoms with E-state index in [0.717, 1.165) is 5.82 Å². The van der Waals surface area contributed by atoms with Gasteiger partial charge in [0.1, 0.15) is 16.8 Å². The average Bonchev–Trinajstić information content (AvgIpc) is 2.14. The van der Waals surface area contributed by atoms with E-state index in [9.17, 15) is 0 Å². The predicted molar refractivity (Wildman–Crippen MR) is 61.4 cm³/mol. The molecular formula is C10H16ClN3O. The number of ether oxygens (including phenoxy) is 1. The molecular weight excluding hydrogens is 214 g/mol. The molecule has 0 bridgehead atoms. The monoisotopic (exact) mass is 229 g/mol. The number of hydrogen-bond donors (Lipinski definition) is 1. The van der Waals surface area contributed by atoms with Crippen molar-refractivity contribution in [2.24, 2.45) is 0 Å². The Morgan fingerprint density at radius 2 is 2.13 bits per heavy atom. The van der Waals surface area contributed by atoms with Crippen molar-refractivity contribution in [3.05, 3.63) is 17.0 Å². The third-order valence-electron chi connectivity index (χ3n) is 2.05.